The molecule has 4 heteroatoms. The fourth-order valence-electron chi connectivity index (χ4n) is 2.66. The molecule has 18 heavy (non-hydrogen) atoms. The van der Waals surface area contributed by atoms with Gasteiger partial charge in [-0.3, -0.25) is 10.1 Å². The Labute approximate surface area is 116 Å². The molecular formula is C14H17ClN2O. The molecule has 1 heterocycles. The van der Waals surface area contributed by atoms with E-state index in [0.29, 0.717) is 23.4 Å². The third-order valence-corrected chi connectivity index (χ3v) is 3.86. The third kappa shape index (κ3) is 2.13. The van der Waals surface area contributed by atoms with Gasteiger partial charge in [0.25, 0.3) is 0 Å². The second-order valence-corrected chi connectivity index (χ2v) is 5.36. The van der Waals surface area contributed by atoms with Crippen LogP contribution < -0.4 is 10.6 Å². The van der Waals surface area contributed by atoms with Crippen LogP contribution in [-0.4, -0.2) is 11.6 Å². The lowest BCUT2D eigenvalue weighted by Crippen LogP contribution is -2.51. The molecular weight excluding hydrogens is 248 g/mol. The van der Waals surface area contributed by atoms with Crippen molar-refractivity contribution in [3.8, 4) is 0 Å². The summed E-state index contributed by atoms with van der Waals surface area (Å²) in [6.45, 7) is 0. The SMILES string of the molecule is [2H]N1C(=O)C([2H])(c2ccc(Cl)cc2)N([2H])C12CCCCC2. The van der Waals surface area contributed by atoms with Gasteiger partial charge in [0.05, 0.1) is 7.03 Å². The van der Waals surface area contributed by atoms with Gasteiger partial charge in [-0.05, 0) is 43.4 Å². The molecule has 2 N–H and O–H groups in total. The molecule has 1 spiro atoms. The fraction of sp³-hybridized carbons (Fsp3) is 0.500. The maximum absolute atomic E-state index is 12.6. The number of carbonyl (C=O) groups is 1. The monoisotopic (exact) mass is 267 g/mol. The Hall–Kier alpha value is -1.06. The van der Waals surface area contributed by atoms with Crippen LogP contribution in [0, 0.1) is 0 Å². The Balaban J connectivity index is 2.06. The van der Waals surface area contributed by atoms with Crippen LogP contribution in [0.4, 0.5) is 0 Å². The first-order valence-electron chi connectivity index (χ1n) is 7.71. The molecule has 1 aromatic carbocycles. The van der Waals surface area contributed by atoms with Crippen molar-refractivity contribution >= 4 is 17.5 Å². The highest BCUT2D eigenvalue weighted by atomic mass is 35.5. The van der Waals surface area contributed by atoms with Crippen LogP contribution in [0.5, 0.6) is 0 Å². The number of carbonyl (C=O) groups excluding carboxylic acids is 1. The first kappa shape index (κ1) is 8.94. The zero-order valence-electron chi connectivity index (χ0n) is 13.0. The van der Waals surface area contributed by atoms with Crippen molar-refractivity contribution in [2.45, 2.75) is 43.8 Å². The lowest BCUT2D eigenvalue weighted by atomic mass is 9.89. The standard InChI is InChI=1S/C14H17ClN2O/c15-11-6-4-10(5-7-11)12-13(18)17-14(16-12)8-2-1-3-9-14/h4-7,12,16H,1-3,8-9H2,(H,17,18)/i12D/hD2. The normalized spacial score (nSPS) is 34.4. The largest absolute Gasteiger partial charge is 0.336 e. The minimum absolute atomic E-state index is 0.381. The zero-order chi connectivity index (χ0) is 15.3. The highest BCUT2D eigenvalue weighted by Crippen LogP contribution is 2.33. The summed E-state index contributed by atoms with van der Waals surface area (Å²) in [6.07, 6.45) is 3.92. The number of hydrogen-bond acceptors (Lipinski definition) is 2. The van der Waals surface area contributed by atoms with Crippen LogP contribution in [-0.2, 0) is 4.79 Å². The average Bonchev–Trinajstić information content (AvgIpc) is 2.64. The Kier molecular flexibility index (Phi) is 2.26. The van der Waals surface area contributed by atoms with Crippen LogP contribution in [0.2, 0.25) is 7.85 Å². The molecule has 1 unspecified atom stereocenters. The molecule has 1 aromatic rings. The van der Waals surface area contributed by atoms with Crippen molar-refractivity contribution in [1.29, 1.82) is 0 Å². The number of benzene rings is 1. The first-order chi connectivity index (χ1) is 9.93. The lowest BCUT2D eigenvalue weighted by molar-refractivity contribution is -0.121. The second-order valence-electron chi connectivity index (χ2n) is 4.93. The summed E-state index contributed by atoms with van der Waals surface area (Å²) < 4.78 is 25.1. The molecule has 2 aliphatic rings. The molecule has 1 amide bonds. The van der Waals surface area contributed by atoms with Crippen molar-refractivity contribution < 1.29 is 8.99 Å². The molecule has 96 valence electrons. The molecule has 1 aliphatic heterocycles. The van der Waals surface area contributed by atoms with E-state index in [-0.39, 0.29) is 0 Å². The summed E-state index contributed by atoms with van der Waals surface area (Å²) in [6, 6.07) is 4.52. The molecule has 3 rings (SSSR count). The van der Waals surface area contributed by atoms with Gasteiger partial charge in [-0.1, -0.05) is 30.2 Å². The Morgan fingerprint density at radius 2 is 1.94 bits per heavy atom. The van der Waals surface area contributed by atoms with Gasteiger partial charge < -0.3 is 5.31 Å². The maximum atomic E-state index is 12.6. The molecule has 2 fully saturated rings. The maximum Gasteiger partial charge on any atom is 0.243 e. The van der Waals surface area contributed by atoms with Crippen molar-refractivity contribution in [3.63, 3.8) is 0 Å². The third-order valence-electron chi connectivity index (χ3n) is 3.60. The Bertz CT molecular complexity index is 562. The number of halogens is 1. The van der Waals surface area contributed by atoms with E-state index in [1.807, 2.05) is 0 Å². The predicted octanol–water partition coefficient (Wildman–Crippen LogP) is 2.76. The average molecular weight is 268 g/mol. The predicted molar refractivity (Wildman–Crippen MR) is 71.3 cm³/mol. The van der Waals surface area contributed by atoms with Crippen LogP contribution in [0.15, 0.2) is 24.3 Å². The lowest BCUT2D eigenvalue weighted by Gasteiger charge is -2.33. The summed E-state index contributed by atoms with van der Waals surface area (Å²) in [5, 5.41) is 2.40. The van der Waals surface area contributed by atoms with Gasteiger partial charge in [0.1, 0.15) is 7.43 Å². The molecule has 0 radical (unpaired) electrons. The van der Waals surface area contributed by atoms with Crippen LogP contribution >= 0.6 is 11.6 Å². The molecule has 1 saturated heterocycles. The van der Waals surface area contributed by atoms with Gasteiger partial charge in [0.15, 0.2) is 1.41 Å². The zero-order valence-corrected chi connectivity index (χ0v) is 10.8. The van der Waals surface area contributed by atoms with Gasteiger partial charge >= 0.3 is 0 Å². The van der Waals surface area contributed by atoms with E-state index in [1.165, 1.54) is 0 Å². The summed E-state index contributed by atoms with van der Waals surface area (Å²) in [5.74, 6) is -0.665. The van der Waals surface area contributed by atoms with Gasteiger partial charge in [-0.15, -0.1) is 0 Å². The van der Waals surface area contributed by atoms with Crippen molar-refractivity contribution in [1.82, 2.24) is 10.6 Å². The summed E-state index contributed by atoms with van der Waals surface area (Å²) in [5.41, 5.74) is -0.594. The Morgan fingerprint density at radius 1 is 1.28 bits per heavy atom. The molecule has 0 bridgehead atoms. The molecule has 1 aliphatic carbocycles. The van der Waals surface area contributed by atoms with Crippen LogP contribution in [0.25, 0.3) is 0 Å². The second kappa shape index (κ2) is 4.56. The number of nitrogens with one attached hydrogen (secondary N) is 2. The van der Waals surface area contributed by atoms with Crippen molar-refractivity contribution in [2.24, 2.45) is 0 Å². The summed E-state index contributed by atoms with van der Waals surface area (Å²) >= 11 is 5.85. The molecule has 3 nitrogen and oxygen atoms in total. The van der Waals surface area contributed by atoms with E-state index in [9.17, 15) is 4.79 Å². The Morgan fingerprint density at radius 3 is 2.61 bits per heavy atom. The smallest absolute Gasteiger partial charge is 0.243 e. The van der Waals surface area contributed by atoms with E-state index in [1.54, 1.807) is 24.3 Å². The first-order valence-corrected chi connectivity index (χ1v) is 6.69. The van der Waals surface area contributed by atoms with Crippen LogP contribution in [0.1, 0.15) is 45.1 Å². The highest BCUT2D eigenvalue weighted by Gasteiger charge is 2.44. The summed E-state index contributed by atoms with van der Waals surface area (Å²) in [4.78, 5) is 12.6. The van der Waals surface area contributed by atoms with E-state index in [4.69, 9.17) is 15.8 Å². The van der Waals surface area contributed by atoms with Crippen molar-refractivity contribution in [3.05, 3.63) is 34.9 Å². The minimum Gasteiger partial charge on any atom is -0.336 e. The van der Waals surface area contributed by atoms with Gasteiger partial charge in [-0.25, -0.2) is 0 Å². The fourth-order valence-corrected chi connectivity index (χ4v) is 2.79. The number of rotatable bonds is 1. The van der Waals surface area contributed by atoms with Gasteiger partial charge in [-0.2, -0.15) is 0 Å². The molecule has 1 saturated carbocycles. The quantitative estimate of drug-likeness (QED) is 0.822. The number of amides is 1. The van der Waals surface area contributed by atoms with E-state index >= 15 is 0 Å². The van der Waals surface area contributed by atoms with Gasteiger partial charge in [0.2, 0.25) is 5.91 Å². The van der Waals surface area contributed by atoms with Crippen molar-refractivity contribution in [2.75, 3.05) is 0 Å². The highest BCUT2D eigenvalue weighted by molar-refractivity contribution is 6.30. The van der Waals surface area contributed by atoms with Crippen LogP contribution in [0.3, 0.4) is 0 Å². The van der Waals surface area contributed by atoms with E-state index in [0.717, 1.165) is 29.9 Å². The topological polar surface area (TPSA) is 41.1 Å². The van der Waals surface area contributed by atoms with Gasteiger partial charge in [0, 0.05) is 5.02 Å². The number of hydrogen-bond donors (Lipinski definition) is 2. The summed E-state index contributed by atoms with van der Waals surface area (Å²) in [7, 11) is 0. The van der Waals surface area contributed by atoms with E-state index in [2.05, 4.69) is 0 Å². The molecule has 1 atom stereocenters. The molecule has 0 aromatic heterocycles. The van der Waals surface area contributed by atoms with E-state index < -0.39 is 17.6 Å². The minimum atomic E-state index is -1.87.